The molecule has 1 saturated heterocycles. The lowest BCUT2D eigenvalue weighted by Gasteiger charge is -2.40. The average Bonchev–Trinajstić information content (AvgIpc) is 2.61. The summed E-state index contributed by atoms with van der Waals surface area (Å²) in [5.41, 5.74) is 1.90. The fraction of sp³-hybridized carbons (Fsp3) is 0.579. The second kappa shape index (κ2) is 6.93. The molecule has 5 nitrogen and oxygen atoms in total. The van der Waals surface area contributed by atoms with E-state index in [0.717, 1.165) is 25.9 Å². The van der Waals surface area contributed by atoms with Gasteiger partial charge in [0.25, 0.3) is 0 Å². The maximum Gasteiger partial charge on any atom is 0.311 e. The third-order valence-corrected chi connectivity index (χ3v) is 5.63. The number of carboxylic acid groups (broad SMARTS) is 1. The Morgan fingerprint density at radius 1 is 1.21 bits per heavy atom. The first-order valence-electron chi connectivity index (χ1n) is 8.84. The lowest BCUT2D eigenvalue weighted by molar-refractivity contribution is -0.155. The van der Waals surface area contributed by atoms with Crippen molar-refractivity contribution in [3.63, 3.8) is 0 Å². The number of carbonyl (C=O) groups excluding carboxylic acids is 1. The van der Waals surface area contributed by atoms with Crippen molar-refractivity contribution in [3.8, 4) is 0 Å². The van der Waals surface area contributed by atoms with Gasteiger partial charge in [0.05, 0.1) is 12.0 Å². The van der Waals surface area contributed by atoms with Crippen LogP contribution >= 0.6 is 0 Å². The number of carbonyl (C=O) groups is 2. The first kappa shape index (κ1) is 17.0. The standard InChI is InChI=1S/C19H26N2O3/c1-2-19(18(23)24)9-5-10-21(14-19)17(22)13-20-11-8-15-6-3-4-7-16(15)12-20/h3-4,6-7H,2,5,8-14H2,1H3,(H,23,24)/t19-/m0/s1. The molecule has 0 radical (unpaired) electrons. The van der Waals surface area contributed by atoms with Gasteiger partial charge in [-0.3, -0.25) is 14.5 Å². The fourth-order valence-electron chi connectivity index (χ4n) is 3.94. The molecule has 2 aliphatic rings. The molecule has 2 heterocycles. The third kappa shape index (κ3) is 3.31. The van der Waals surface area contributed by atoms with Crippen LogP contribution in [-0.2, 0) is 22.6 Å². The van der Waals surface area contributed by atoms with Crippen LogP contribution in [0, 0.1) is 5.41 Å². The number of likely N-dealkylation sites (tertiary alicyclic amines) is 1. The lowest BCUT2D eigenvalue weighted by Crippen LogP contribution is -2.52. The molecule has 2 aliphatic heterocycles. The van der Waals surface area contributed by atoms with E-state index in [-0.39, 0.29) is 5.91 Å². The molecule has 1 amide bonds. The van der Waals surface area contributed by atoms with Gasteiger partial charge in [-0.2, -0.15) is 0 Å². The van der Waals surface area contributed by atoms with E-state index in [9.17, 15) is 14.7 Å². The van der Waals surface area contributed by atoms with Crippen LogP contribution in [0.2, 0.25) is 0 Å². The number of rotatable bonds is 4. The van der Waals surface area contributed by atoms with Crippen molar-refractivity contribution in [2.75, 3.05) is 26.2 Å². The Morgan fingerprint density at radius 2 is 1.96 bits per heavy atom. The molecule has 1 fully saturated rings. The highest BCUT2D eigenvalue weighted by Crippen LogP contribution is 2.33. The molecule has 0 spiro atoms. The lowest BCUT2D eigenvalue weighted by atomic mass is 9.77. The van der Waals surface area contributed by atoms with Crippen LogP contribution in [0.5, 0.6) is 0 Å². The third-order valence-electron chi connectivity index (χ3n) is 5.63. The van der Waals surface area contributed by atoms with Gasteiger partial charge in [0.2, 0.25) is 5.91 Å². The number of amides is 1. The first-order chi connectivity index (χ1) is 11.5. The number of hydrogen-bond acceptors (Lipinski definition) is 3. The van der Waals surface area contributed by atoms with Crippen LogP contribution in [0.25, 0.3) is 0 Å². The SMILES string of the molecule is CC[C@]1(C(=O)O)CCCN(C(=O)CN2CCc3ccccc3C2)C1. The highest BCUT2D eigenvalue weighted by molar-refractivity contribution is 5.81. The number of benzene rings is 1. The molecule has 3 rings (SSSR count). The van der Waals surface area contributed by atoms with Crippen LogP contribution in [0.1, 0.15) is 37.3 Å². The Labute approximate surface area is 143 Å². The van der Waals surface area contributed by atoms with E-state index in [1.807, 2.05) is 13.0 Å². The summed E-state index contributed by atoms with van der Waals surface area (Å²) in [6, 6.07) is 8.38. The van der Waals surface area contributed by atoms with Gasteiger partial charge in [-0.05, 0) is 36.8 Å². The summed E-state index contributed by atoms with van der Waals surface area (Å²) >= 11 is 0. The number of hydrogen-bond donors (Lipinski definition) is 1. The second-order valence-electron chi connectivity index (χ2n) is 7.09. The molecule has 0 aromatic heterocycles. The van der Waals surface area contributed by atoms with Crippen molar-refractivity contribution in [1.82, 2.24) is 9.80 Å². The Balaban J connectivity index is 1.62. The molecule has 1 N–H and O–H groups in total. The number of fused-ring (bicyclic) bond motifs is 1. The van der Waals surface area contributed by atoms with Gasteiger partial charge >= 0.3 is 5.97 Å². The zero-order valence-corrected chi connectivity index (χ0v) is 14.3. The predicted octanol–water partition coefficient (Wildman–Crippen LogP) is 2.15. The molecule has 0 saturated carbocycles. The summed E-state index contributed by atoms with van der Waals surface area (Å²) in [4.78, 5) is 28.3. The zero-order valence-electron chi connectivity index (χ0n) is 14.3. The van der Waals surface area contributed by atoms with Gasteiger partial charge in [0.1, 0.15) is 0 Å². The van der Waals surface area contributed by atoms with Crippen molar-refractivity contribution < 1.29 is 14.7 Å². The van der Waals surface area contributed by atoms with Gasteiger partial charge < -0.3 is 10.0 Å². The van der Waals surface area contributed by atoms with Crippen LogP contribution < -0.4 is 0 Å². The summed E-state index contributed by atoms with van der Waals surface area (Å²) in [7, 11) is 0. The predicted molar refractivity (Wildman–Crippen MR) is 91.6 cm³/mol. The summed E-state index contributed by atoms with van der Waals surface area (Å²) in [6.07, 6.45) is 2.98. The largest absolute Gasteiger partial charge is 0.481 e. The molecule has 1 atom stereocenters. The van der Waals surface area contributed by atoms with E-state index in [4.69, 9.17) is 0 Å². The summed E-state index contributed by atoms with van der Waals surface area (Å²) in [6.45, 7) is 5.00. The Hall–Kier alpha value is -1.88. The monoisotopic (exact) mass is 330 g/mol. The zero-order chi connectivity index (χ0) is 17.2. The normalized spacial score (nSPS) is 24.5. The number of piperidine rings is 1. The van der Waals surface area contributed by atoms with Crippen LogP contribution in [0.3, 0.4) is 0 Å². The first-order valence-corrected chi connectivity index (χ1v) is 8.84. The molecular formula is C19H26N2O3. The highest BCUT2D eigenvalue weighted by Gasteiger charge is 2.42. The summed E-state index contributed by atoms with van der Waals surface area (Å²) in [5.74, 6) is -0.706. The minimum atomic E-state index is -0.769. The van der Waals surface area contributed by atoms with Crippen LogP contribution in [0.15, 0.2) is 24.3 Å². The van der Waals surface area contributed by atoms with Gasteiger partial charge in [-0.15, -0.1) is 0 Å². The van der Waals surface area contributed by atoms with E-state index in [0.29, 0.717) is 32.5 Å². The molecule has 1 aromatic rings. The van der Waals surface area contributed by atoms with E-state index in [1.54, 1.807) is 4.90 Å². The van der Waals surface area contributed by atoms with Crippen LogP contribution in [-0.4, -0.2) is 53.0 Å². The molecule has 5 heteroatoms. The number of carboxylic acids is 1. The Bertz CT molecular complexity index is 631. The van der Waals surface area contributed by atoms with E-state index < -0.39 is 11.4 Å². The number of nitrogens with zero attached hydrogens (tertiary/aromatic N) is 2. The fourth-order valence-corrected chi connectivity index (χ4v) is 3.94. The molecule has 0 unspecified atom stereocenters. The van der Waals surface area contributed by atoms with Crippen molar-refractivity contribution in [3.05, 3.63) is 35.4 Å². The van der Waals surface area contributed by atoms with Gasteiger partial charge in [0.15, 0.2) is 0 Å². The van der Waals surface area contributed by atoms with Crippen molar-refractivity contribution >= 4 is 11.9 Å². The highest BCUT2D eigenvalue weighted by atomic mass is 16.4. The summed E-state index contributed by atoms with van der Waals surface area (Å²) < 4.78 is 0. The van der Waals surface area contributed by atoms with Crippen LogP contribution in [0.4, 0.5) is 0 Å². The van der Waals surface area contributed by atoms with E-state index in [1.165, 1.54) is 11.1 Å². The second-order valence-corrected chi connectivity index (χ2v) is 7.09. The van der Waals surface area contributed by atoms with Crippen molar-refractivity contribution in [1.29, 1.82) is 0 Å². The molecule has 1 aromatic carbocycles. The minimum Gasteiger partial charge on any atom is -0.481 e. The molecule has 0 aliphatic carbocycles. The maximum absolute atomic E-state index is 12.7. The smallest absolute Gasteiger partial charge is 0.311 e. The molecular weight excluding hydrogens is 304 g/mol. The average molecular weight is 330 g/mol. The van der Waals surface area contributed by atoms with Gasteiger partial charge in [-0.1, -0.05) is 31.2 Å². The summed E-state index contributed by atoms with van der Waals surface area (Å²) in [5, 5.41) is 9.57. The number of aliphatic carboxylic acids is 1. The Kier molecular flexibility index (Phi) is 4.90. The quantitative estimate of drug-likeness (QED) is 0.919. The minimum absolute atomic E-state index is 0.0631. The van der Waals surface area contributed by atoms with E-state index in [2.05, 4.69) is 23.1 Å². The topological polar surface area (TPSA) is 60.9 Å². The molecule has 130 valence electrons. The van der Waals surface area contributed by atoms with Gasteiger partial charge in [0, 0.05) is 26.2 Å². The van der Waals surface area contributed by atoms with Gasteiger partial charge in [-0.25, -0.2) is 0 Å². The van der Waals surface area contributed by atoms with Crippen molar-refractivity contribution in [2.24, 2.45) is 5.41 Å². The van der Waals surface area contributed by atoms with Crippen molar-refractivity contribution in [2.45, 2.75) is 39.2 Å². The maximum atomic E-state index is 12.7. The Morgan fingerprint density at radius 3 is 2.67 bits per heavy atom. The van der Waals surface area contributed by atoms with E-state index >= 15 is 0 Å². The molecule has 24 heavy (non-hydrogen) atoms. The molecule has 0 bridgehead atoms.